The maximum atomic E-state index is 12.7. The number of nitrogens with zero attached hydrogens (tertiary/aromatic N) is 6. The van der Waals surface area contributed by atoms with E-state index in [2.05, 4.69) is 47.3 Å². The van der Waals surface area contributed by atoms with E-state index in [0.717, 1.165) is 56.2 Å². The fourth-order valence-electron chi connectivity index (χ4n) is 4.68. The van der Waals surface area contributed by atoms with Crippen LogP contribution >= 0.6 is 0 Å². The van der Waals surface area contributed by atoms with Crippen molar-refractivity contribution in [1.29, 1.82) is 0 Å². The van der Waals surface area contributed by atoms with Crippen LogP contribution in [0.2, 0.25) is 0 Å². The molecule has 7 nitrogen and oxygen atoms in total. The number of amides is 1. The number of aryl methyl sites for hydroxylation is 1. The van der Waals surface area contributed by atoms with Crippen molar-refractivity contribution in [3.63, 3.8) is 0 Å². The van der Waals surface area contributed by atoms with Gasteiger partial charge < -0.3 is 9.80 Å². The van der Waals surface area contributed by atoms with Gasteiger partial charge in [0.15, 0.2) is 0 Å². The van der Waals surface area contributed by atoms with Crippen LogP contribution in [-0.4, -0.2) is 50.2 Å². The second-order valence-corrected chi connectivity index (χ2v) is 8.51. The van der Waals surface area contributed by atoms with E-state index in [1.165, 1.54) is 11.1 Å². The summed E-state index contributed by atoms with van der Waals surface area (Å²) in [4.78, 5) is 26.9. The van der Waals surface area contributed by atoms with Gasteiger partial charge in [-0.15, -0.1) is 0 Å². The normalized spacial score (nSPS) is 18.3. The van der Waals surface area contributed by atoms with Gasteiger partial charge in [0.2, 0.25) is 5.91 Å². The first-order chi connectivity index (χ1) is 15.2. The summed E-state index contributed by atoms with van der Waals surface area (Å²) in [6.07, 6.45) is 6.59. The second-order valence-electron chi connectivity index (χ2n) is 8.51. The first-order valence-corrected chi connectivity index (χ1v) is 11.1. The summed E-state index contributed by atoms with van der Waals surface area (Å²) in [6, 6.07) is 12.4. The lowest BCUT2D eigenvalue weighted by atomic mass is 10.0. The average molecular weight is 417 g/mol. The van der Waals surface area contributed by atoms with Crippen LogP contribution in [0.3, 0.4) is 0 Å². The molecule has 2 aliphatic rings. The molecule has 160 valence electrons. The maximum absolute atomic E-state index is 12.7. The zero-order chi connectivity index (χ0) is 21.2. The van der Waals surface area contributed by atoms with E-state index in [-0.39, 0.29) is 18.4 Å². The molecule has 0 saturated carbocycles. The Kier molecular flexibility index (Phi) is 5.40. The first-order valence-electron chi connectivity index (χ1n) is 11.1. The van der Waals surface area contributed by atoms with Gasteiger partial charge in [0.1, 0.15) is 18.2 Å². The minimum Gasteiger partial charge on any atom is -0.352 e. The molecule has 0 aliphatic carbocycles. The van der Waals surface area contributed by atoms with Crippen LogP contribution in [0.1, 0.15) is 41.4 Å². The standard InChI is InChI=1S/C24H28N6O/c1-18-21-9-5-12-29(15-19-7-3-2-4-8-19)24(21)27-23(26-18)20-10-14-28(16-20)22(31)17-30-13-6-11-25-30/h2-4,6-8,11,13,20H,5,9-10,12,14-17H2,1H3/t20-/m0/s1. The van der Waals surface area contributed by atoms with E-state index in [1.807, 2.05) is 17.2 Å². The largest absolute Gasteiger partial charge is 0.352 e. The van der Waals surface area contributed by atoms with Crippen LogP contribution in [0, 0.1) is 6.92 Å². The van der Waals surface area contributed by atoms with Gasteiger partial charge in [-0.2, -0.15) is 5.10 Å². The molecule has 0 radical (unpaired) electrons. The summed E-state index contributed by atoms with van der Waals surface area (Å²) in [5, 5.41) is 4.15. The monoisotopic (exact) mass is 416 g/mol. The Morgan fingerprint density at radius 3 is 2.81 bits per heavy atom. The smallest absolute Gasteiger partial charge is 0.244 e. The third kappa shape index (κ3) is 4.17. The van der Waals surface area contributed by atoms with Crippen molar-refractivity contribution >= 4 is 11.7 Å². The van der Waals surface area contributed by atoms with Crippen molar-refractivity contribution in [3.8, 4) is 0 Å². The van der Waals surface area contributed by atoms with Gasteiger partial charge in [-0.1, -0.05) is 30.3 Å². The van der Waals surface area contributed by atoms with Gasteiger partial charge in [-0.25, -0.2) is 9.97 Å². The van der Waals surface area contributed by atoms with E-state index < -0.39 is 0 Å². The van der Waals surface area contributed by atoms with E-state index in [1.54, 1.807) is 10.9 Å². The molecule has 0 bridgehead atoms. The van der Waals surface area contributed by atoms with Crippen molar-refractivity contribution in [2.75, 3.05) is 24.5 Å². The number of fused-ring (bicyclic) bond motifs is 1. The predicted molar refractivity (Wildman–Crippen MR) is 119 cm³/mol. The number of carbonyl (C=O) groups is 1. The van der Waals surface area contributed by atoms with Gasteiger partial charge in [-0.05, 0) is 37.8 Å². The summed E-state index contributed by atoms with van der Waals surface area (Å²) >= 11 is 0. The molecule has 0 spiro atoms. The highest BCUT2D eigenvalue weighted by Crippen LogP contribution is 2.32. The third-order valence-corrected chi connectivity index (χ3v) is 6.34. The summed E-state index contributed by atoms with van der Waals surface area (Å²) in [5.74, 6) is 2.25. The summed E-state index contributed by atoms with van der Waals surface area (Å²) < 4.78 is 1.68. The summed E-state index contributed by atoms with van der Waals surface area (Å²) in [7, 11) is 0. The van der Waals surface area contributed by atoms with E-state index >= 15 is 0 Å². The Balaban J connectivity index is 1.34. The molecule has 1 amide bonds. The molecule has 7 heteroatoms. The molecular formula is C24H28N6O. The van der Waals surface area contributed by atoms with Gasteiger partial charge in [-0.3, -0.25) is 9.48 Å². The second kappa shape index (κ2) is 8.49. The Bertz CT molecular complexity index is 1050. The van der Waals surface area contributed by atoms with Crippen molar-refractivity contribution in [2.24, 2.45) is 0 Å². The van der Waals surface area contributed by atoms with Crippen molar-refractivity contribution in [1.82, 2.24) is 24.6 Å². The molecular weight excluding hydrogens is 388 g/mol. The van der Waals surface area contributed by atoms with Crippen molar-refractivity contribution in [2.45, 2.75) is 45.2 Å². The minimum absolute atomic E-state index is 0.103. The zero-order valence-corrected chi connectivity index (χ0v) is 17.9. The van der Waals surface area contributed by atoms with Crippen LogP contribution in [0.25, 0.3) is 0 Å². The summed E-state index contributed by atoms with van der Waals surface area (Å²) in [6.45, 7) is 5.69. The van der Waals surface area contributed by atoms with Crippen molar-refractivity contribution in [3.05, 3.63) is 71.4 Å². The average Bonchev–Trinajstić information content (AvgIpc) is 3.47. The molecule has 1 fully saturated rings. The van der Waals surface area contributed by atoms with Crippen LogP contribution in [-0.2, 0) is 24.3 Å². The highest BCUT2D eigenvalue weighted by molar-refractivity contribution is 5.76. The van der Waals surface area contributed by atoms with Crippen molar-refractivity contribution < 1.29 is 4.79 Å². The van der Waals surface area contributed by atoms with Crippen LogP contribution in [0.5, 0.6) is 0 Å². The molecule has 1 aromatic carbocycles. The Hall–Kier alpha value is -3.22. The van der Waals surface area contributed by atoms with Gasteiger partial charge in [0, 0.05) is 55.7 Å². The molecule has 1 atom stereocenters. The van der Waals surface area contributed by atoms with Crippen LogP contribution < -0.4 is 4.90 Å². The number of aromatic nitrogens is 4. The third-order valence-electron chi connectivity index (χ3n) is 6.34. The Labute approximate surface area is 182 Å². The quantitative estimate of drug-likeness (QED) is 0.640. The number of hydrogen-bond donors (Lipinski definition) is 0. The number of likely N-dealkylation sites (tertiary alicyclic amines) is 1. The number of anilines is 1. The molecule has 2 aromatic heterocycles. The fraction of sp³-hybridized carbons (Fsp3) is 0.417. The van der Waals surface area contributed by atoms with Gasteiger partial charge in [0.05, 0.1) is 0 Å². The molecule has 1 saturated heterocycles. The van der Waals surface area contributed by atoms with E-state index in [0.29, 0.717) is 6.54 Å². The van der Waals surface area contributed by atoms with Gasteiger partial charge >= 0.3 is 0 Å². The van der Waals surface area contributed by atoms with Crippen LogP contribution in [0.4, 0.5) is 5.82 Å². The highest BCUT2D eigenvalue weighted by atomic mass is 16.2. The highest BCUT2D eigenvalue weighted by Gasteiger charge is 2.31. The number of rotatable bonds is 5. The minimum atomic E-state index is 0.103. The van der Waals surface area contributed by atoms with E-state index in [9.17, 15) is 4.79 Å². The molecule has 3 aromatic rings. The first kappa shape index (κ1) is 19.7. The lowest BCUT2D eigenvalue weighted by Crippen LogP contribution is -2.33. The fourth-order valence-corrected chi connectivity index (χ4v) is 4.68. The number of hydrogen-bond acceptors (Lipinski definition) is 5. The maximum Gasteiger partial charge on any atom is 0.244 e. The van der Waals surface area contributed by atoms with Crippen LogP contribution in [0.15, 0.2) is 48.8 Å². The molecule has 0 N–H and O–H groups in total. The lowest BCUT2D eigenvalue weighted by molar-refractivity contribution is -0.131. The topological polar surface area (TPSA) is 67.2 Å². The summed E-state index contributed by atoms with van der Waals surface area (Å²) in [5.41, 5.74) is 3.65. The SMILES string of the molecule is Cc1nc([C@H]2CCN(C(=O)Cn3cccn3)C2)nc2c1CCCN2Cc1ccccc1. The van der Waals surface area contributed by atoms with E-state index in [4.69, 9.17) is 9.97 Å². The predicted octanol–water partition coefficient (Wildman–Crippen LogP) is 2.95. The lowest BCUT2D eigenvalue weighted by Gasteiger charge is -2.31. The van der Waals surface area contributed by atoms with Gasteiger partial charge in [0.25, 0.3) is 0 Å². The Morgan fingerprint density at radius 2 is 2.00 bits per heavy atom. The Morgan fingerprint density at radius 1 is 1.13 bits per heavy atom. The molecule has 4 heterocycles. The molecule has 5 rings (SSSR count). The molecule has 0 unspecified atom stereocenters. The number of carbonyl (C=O) groups excluding carboxylic acids is 1. The molecule has 31 heavy (non-hydrogen) atoms. The zero-order valence-electron chi connectivity index (χ0n) is 17.9. The number of benzene rings is 1. The molecule has 2 aliphatic heterocycles.